The molecular formula is C17H19NO3. The van der Waals surface area contributed by atoms with Crippen molar-refractivity contribution in [2.24, 2.45) is 0 Å². The number of carboxylic acids is 1. The molecule has 0 saturated carbocycles. The lowest BCUT2D eigenvalue weighted by molar-refractivity contribution is -0.138. The number of ether oxygens (including phenoxy) is 1. The number of carbonyl (C=O) groups is 1. The first-order chi connectivity index (χ1) is 10.1. The average Bonchev–Trinajstić information content (AvgIpc) is 2.52. The lowest BCUT2D eigenvalue weighted by atomic mass is 9.93. The maximum absolute atomic E-state index is 11.6. The van der Waals surface area contributed by atoms with Crippen molar-refractivity contribution in [3.05, 3.63) is 60.2 Å². The molecule has 0 bridgehead atoms. The molecule has 2 aromatic carbocycles. The van der Waals surface area contributed by atoms with Crippen LogP contribution in [0.4, 0.5) is 5.69 Å². The van der Waals surface area contributed by atoms with Crippen molar-refractivity contribution in [2.45, 2.75) is 18.9 Å². The van der Waals surface area contributed by atoms with Gasteiger partial charge < -0.3 is 15.2 Å². The van der Waals surface area contributed by atoms with E-state index in [1.54, 1.807) is 13.2 Å². The zero-order valence-corrected chi connectivity index (χ0v) is 12.1. The van der Waals surface area contributed by atoms with Crippen LogP contribution in [-0.4, -0.2) is 24.2 Å². The van der Waals surface area contributed by atoms with E-state index >= 15 is 0 Å². The molecule has 0 saturated heterocycles. The summed E-state index contributed by atoms with van der Waals surface area (Å²) in [7, 11) is 1.58. The maximum atomic E-state index is 11.6. The SMILES string of the molecule is COc1cccc(NC(C(=O)O)C(C)c2ccccc2)c1. The van der Waals surface area contributed by atoms with Crippen molar-refractivity contribution in [3.63, 3.8) is 0 Å². The summed E-state index contributed by atoms with van der Waals surface area (Å²) in [6, 6.07) is 16.2. The molecule has 0 aliphatic heterocycles. The quantitative estimate of drug-likeness (QED) is 0.854. The summed E-state index contributed by atoms with van der Waals surface area (Å²) < 4.78 is 5.15. The standard InChI is InChI=1S/C17H19NO3/c1-12(13-7-4-3-5-8-13)16(17(19)20)18-14-9-6-10-15(11-14)21-2/h3-12,16,18H,1-2H3,(H,19,20). The molecule has 4 heteroatoms. The van der Waals surface area contributed by atoms with Crippen LogP contribution >= 0.6 is 0 Å². The van der Waals surface area contributed by atoms with E-state index in [-0.39, 0.29) is 5.92 Å². The van der Waals surface area contributed by atoms with Gasteiger partial charge in [0.05, 0.1) is 7.11 Å². The van der Waals surface area contributed by atoms with Gasteiger partial charge in [0.2, 0.25) is 0 Å². The summed E-state index contributed by atoms with van der Waals surface area (Å²) in [5, 5.41) is 12.6. The first kappa shape index (κ1) is 14.9. The van der Waals surface area contributed by atoms with Gasteiger partial charge in [-0.05, 0) is 17.7 Å². The Morgan fingerprint density at radius 3 is 2.48 bits per heavy atom. The summed E-state index contributed by atoms with van der Waals surface area (Å²) >= 11 is 0. The molecule has 110 valence electrons. The zero-order valence-electron chi connectivity index (χ0n) is 12.1. The van der Waals surface area contributed by atoms with E-state index in [1.807, 2.05) is 55.5 Å². The van der Waals surface area contributed by atoms with Gasteiger partial charge in [-0.1, -0.05) is 43.3 Å². The fourth-order valence-electron chi connectivity index (χ4n) is 2.24. The molecule has 2 rings (SSSR count). The highest BCUT2D eigenvalue weighted by molar-refractivity contribution is 5.79. The third-order valence-corrected chi connectivity index (χ3v) is 3.48. The number of carboxylic acid groups (broad SMARTS) is 1. The first-order valence-corrected chi connectivity index (χ1v) is 6.80. The minimum atomic E-state index is -0.880. The Balaban J connectivity index is 2.21. The number of rotatable bonds is 6. The van der Waals surface area contributed by atoms with E-state index < -0.39 is 12.0 Å². The Labute approximate surface area is 124 Å². The topological polar surface area (TPSA) is 58.6 Å². The summed E-state index contributed by atoms with van der Waals surface area (Å²) in [6.45, 7) is 1.90. The van der Waals surface area contributed by atoms with Crippen LogP contribution in [0.25, 0.3) is 0 Å². The number of methoxy groups -OCH3 is 1. The Bertz CT molecular complexity index is 598. The van der Waals surface area contributed by atoms with Crippen molar-refractivity contribution in [3.8, 4) is 5.75 Å². The molecule has 0 fully saturated rings. The van der Waals surface area contributed by atoms with E-state index in [0.717, 1.165) is 11.3 Å². The fourth-order valence-corrected chi connectivity index (χ4v) is 2.24. The van der Waals surface area contributed by atoms with Gasteiger partial charge >= 0.3 is 5.97 Å². The number of hydrogen-bond acceptors (Lipinski definition) is 3. The number of nitrogens with one attached hydrogen (secondary N) is 1. The van der Waals surface area contributed by atoms with Crippen molar-refractivity contribution < 1.29 is 14.6 Å². The molecule has 0 aromatic heterocycles. The molecule has 2 aromatic rings. The number of anilines is 1. The van der Waals surface area contributed by atoms with E-state index in [1.165, 1.54) is 0 Å². The normalized spacial score (nSPS) is 13.2. The zero-order chi connectivity index (χ0) is 15.2. The van der Waals surface area contributed by atoms with Gasteiger partial charge in [0.25, 0.3) is 0 Å². The third-order valence-electron chi connectivity index (χ3n) is 3.48. The van der Waals surface area contributed by atoms with Crippen LogP contribution in [0.3, 0.4) is 0 Å². The number of hydrogen-bond donors (Lipinski definition) is 2. The van der Waals surface area contributed by atoms with Crippen LogP contribution in [0.15, 0.2) is 54.6 Å². The summed E-state index contributed by atoms with van der Waals surface area (Å²) in [4.78, 5) is 11.6. The molecule has 2 N–H and O–H groups in total. The predicted molar refractivity (Wildman–Crippen MR) is 82.9 cm³/mol. The molecule has 2 atom stereocenters. The summed E-state index contributed by atoms with van der Waals surface area (Å²) in [6.07, 6.45) is 0. The molecule has 0 spiro atoms. The molecule has 0 amide bonds. The largest absolute Gasteiger partial charge is 0.497 e. The van der Waals surface area contributed by atoms with Gasteiger partial charge in [-0.3, -0.25) is 0 Å². The molecule has 0 aliphatic carbocycles. The second-order valence-corrected chi connectivity index (χ2v) is 4.89. The number of aliphatic carboxylic acids is 1. The van der Waals surface area contributed by atoms with E-state index in [2.05, 4.69) is 5.32 Å². The van der Waals surface area contributed by atoms with Crippen LogP contribution in [0.1, 0.15) is 18.4 Å². The van der Waals surface area contributed by atoms with Crippen molar-refractivity contribution in [1.29, 1.82) is 0 Å². The van der Waals surface area contributed by atoms with Crippen LogP contribution in [-0.2, 0) is 4.79 Å². The molecule has 21 heavy (non-hydrogen) atoms. The molecule has 0 heterocycles. The molecule has 0 radical (unpaired) electrons. The Morgan fingerprint density at radius 1 is 1.14 bits per heavy atom. The van der Waals surface area contributed by atoms with Gasteiger partial charge in [-0.2, -0.15) is 0 Å². The smallest absolute Gasteiger partial charge is 0.326 e. The van der Waals surface area contributed by atoms with Gasteiger partial charge in [0, 0.05) is 17.7 Å². The van der Waals surface area contributed by atoms with Gasteiger partial charge in [0.1, 0.15) is 11.8 Å². The van der Waals surface area contributed by atoms with Crippen LogP contribution in [0.2, 0.25) is 0 Å². The highest BCUT2D eigenvalue weighted by atomic mass is 16.5. The van der Waals surface area contributed by atoms with Crippen LogP contribution in [0.5, 0.6) is 5.75 Å². The minimum Gasteiger partial charge on any atom is -0.497 e. The summed E-state index contributed by atoms with van der Waals surface area (Å²) in [5.41, 5.74) is 1.71. The Kier molecular flexibility index (Phi) is 4.82. The number of benzene rings is 2. The van der Waals surface area contributed by atoms with E-state index in [0.29, 0.717) is 5.75 Å². The van der Waals surface area contributed by atoms with Gasteiger partial charge in [0.15, 0.2) is 0 Å². The second kappa shape index (κ2) is 6.79. The average molecular weight is 285 g/mol. The lowest BCUT2D eigenvalue weighted by Crippen LogP contribution is -2.34. The van der Waals surface area contributed by atoms with Crippen molar-refractivity contribution in [2.75, 3.05) is 12.4 Å². The monoisotopic (exact) mass is 285 g/mol. The highest BCUT2D eigenvalue weighted by Crippen LogP contribution is 2.24. The van der Waals surface area contributed by atoms with E-state index in [4.69, 9.17) is 4.74 Å². The molecule has 0 aliphatic rings. The maximum Gasteiger partial charge on any atom is 0.326 e. The van der Waals surface area contributed by atoms with Gasteiger partial charge in [-0.25, -0.2) is 4.79 Å². The Morgan fingerprint density at radius 2 is 1.86 bits per heavy atom. The summed E-state index contributed by atoms with van der Waals surface area (Å²) in [5.74, 6) is -0.347. The second-order valence-electron chi connectivity index (χ2n) is 4.89. The fraction of sp³-hybridized carbons (Fsp3) is 0.235. The van der Waals surface area contributed by atoms with Crippen LogP contribution < -0.4 is 10.1 Å². The first-order valence-electron chi connectivity index (χ1n) is 6.80. The van der Waals surface area contributed by atoms with Crippen molar-refractivity contribution in [1.82, 2.24) is 0 Å². The highest BCUT2D eigenvalue weighted by Gasteiger charge is 2.25. The molecule has 4 nitrogen and oxygen atoms in total. The van der Waals surface area contributed by atoms with Crippen LogP contribution in [0, 0.1) is 0 Å². The molecular weight excluding hydrogens is 266 g/mol. The van der Waals surface area contributed by atoms with E-state index in [9.17, 15) is 9.90 Å². The van der Waals surface area contributed by atoms with Gasteiger partial charge in [-0.15, -0.1) is 0 Å². The van der Waals surface area contributed by atoms with Crippen molar-refractivity contribution >= 4 is 11.7 Å². The third kappa shape index (κ3) is 3.75. The predicted octanol–water partition coefficient (Wildman–Crippen LogP) is 3.36. The minimum absolute atomic E-state index is 0.157. The lowest BCUT2D eigenvalue weighted by Gasteiger charge is -2.23. The Hall–Kier alpha value is -2.49. The molecule has 2 unspecified atom stereocenters.